The summed E-state index contributed by atoms with van der Waals surface area (Å²) in [7, 11) is 0. The molecule has 0 spiro atoms. The summed E-state index contributed by atoms with van der Waals surface area (Å²) in [6.45, 7) is 6.18. The van der Waals surface area contributed by atoms with Crippen LogP contribution in [0.15, 0.2) is 41.0 Å². The van der Waals surface area contributed by atoms with Gasteiger partial charge in [-0.2, -0.15) is 0 Å². The number of amides is 1. The predicted molar refractivity (Wildman–Crippen MR) is 100 cm³/mol. The maximum atomic E-state index is 12.5. The van der Waals surface area contributed by atoms with E-state index in [0.29, 0.717) is 15.7 Å². The first-order valence-corrected chi connectivity index (χ1v) is 9.04. The lowest BCUT2D eigenvalue weighted by atomic mass is 10.2. The Labute approximate surface area is 157 Å². The molecule has 1 atom stereocenters. The van der Waals surface area contributed by atoms with Gasteiger partial charge in [-0.3, -0.25) is 14.6 Å². The van der Waals surface area contributed by atoms with E-state index in [2.05, 4.69) is 15.1 Å². The van der Waals surface area contributed by atoms with Gasteiger partial charge in [-0.25, -0.2) is 0 Å². The largest absolute Gasteiger partial charge is 0.468 e. The van der Waals surface area contributed by atoms with Gasteiger partial charge in [0.15, 0.2) is 0 Å². The molecule has 1 aromatic heterocycles. The lowest BCUT2D eigenvalue weighted by molar-refractivity contribution is -0.121. The molecule has 7 heteroatoms. The van der Waals surface area contributed by atoms with Crippen LogP contribution in [0.3, 0.4) is 0 Å². The highest BCUT2D eigenvalue weighted by Crippen LogP contribution is 2.29. The Morgan fingerprint density at radius 1 is 1.20 bits per heavy atom. The second-order valence-corrected chi connectivity index (χ2v) is 6.94. The van der Waals surface area contributed by atoms with Gasteiger partial charge in [0.05, 0.1) is 34.6 Å². The summed E-state index contributed by atoms with van der Waals surface area (Å²) in [6.07, 6.45) is 1.69. The Balaban J connectivity index is 1.52. The average molecular weight is 382 g/mol. The van der Waals surface area contributed by atoms with E-state index in [1.807, 2.05) is 19.1 Å². The highest BCUT2D eigenvalue weighted by molar-refractivity contribution is 6.44. The van der Waals surface area contributed by atoms with Crippen molar-refractivity contribution >= 4 is 34.8 Å². The van der Waals surface area contributed by atoms with E-state index < -0.39 is 0 Å². The maximum absolute atomic E-state index is 12.5. The molecule has 1 fully saturated rings. The fraction of sp³-hybridized carbons (Fsp3) is 0.389. The molecule has 3 rings (SSSR count). The van der Waals surface area contributed by atoms with Crippen LogP contribution in [0.25, 0.3) is 0 Å². The minimum absolute atomic E-state index is 0.0800. The summed E-state index contributed by atoms with van der Waals surface area (Å²) in [5.74, 6) is 0.887. The second-order valence-electron chi connectivity index (χ2n) is 6.16. The number of nitrogens with zero attached hydrogens (tertiary/aromatic N) is 2. The zero-order valence-corrected chi connectivity index (χ0v) is 15.6. The Bertz CT molecular complexity index is 713. The zero-order valence-electron chi connectivity index (χ0n) is 14.0. The summed E-state index contributed by atoms with van der Waals surface area (Å²) in [4.78, 5) is 17.0. The Morgan fingerprint density at radius 3 is 2.64 bits per heavy atom. The second kappa shape index (κ2) is 8.23. The molecular formula is C18H21Cl2N3O2. The highest BCUT2D eigenvalue weighted by Gasteiger charge is 2.26. The molecular weight excluding hydrogens is 361 g/mol. The number of hydrogen-bond donors (Lipinski definition) is 1. The Hall–Kier alpha value is -1.53. The Morgan fingerprint density at radius 2 is 1.96 bits per heavy atom. The van der Waals surface area contributed by atoms with Gasteiger partial charge in [-0.1, -0.05) is 29.3 Å². The fourth-order valence-corrected chi connectivity index (χ4v) is 3.28. The molecule has 1 aliphatic heterocycles. The van der Waals surface area contributed by atoms with Gasteiger partial charge in [0, 0.05) is 26.2 Å². The number of piperazine rings is 1. The number of anilines is 1. The number of hydrogen-bond acceptors (Lipinski definition) is 4. The van der Waals surface area contributed by atoms with Gasteiger partial charge in [0.2, 0.25) is 5.91 Å². The van der Waals surface area contributed by atoms with Gasteiger partial charge in [0.25, 0.3) is 0 Å². The molecule has 1 aromatic carbocycles. The molecule has 1 amide bonds. The monoisotopic (exact) mass is 381 g/mol. The number of furan rings is 1. The van der Waals surface area contributed by atoms with Gasteiger partial charge >= 0.3 is 0 Å². The summed E-state index contributed by atoms with van der Waals surface area (Å²) in [6, 6.07) is 8.86. The number of benzene rings is 1. The van der Waals surface area contributed by atoms with Crippen LogP contribution in [0.2, 0.25) is 10.0 Å². The molecule has 134 valence electrons. The van der Waals surface area contributed by atoms with Gasteiger partial charge < -0.3 is 9.73 Å². The number of halogens is 2. The molecule has 2 aromatic rings. The van der Waals surface area contributed by atoms with Crippen LogP contribution in [-0.4, -0.2) is 47.9 Å². The third-order valence-electron chi connectivity index (χ3n) is 4.50. The molecule has 0 bridgehead atoms. The van der Waals surface area contributed by atoms with E-state index in [-0.39, 0.29) is 11.9 Å². The first kappa shape index (κ1) is 18.3. The molecule has 0 aliphatic carbocycles. The number of rotatable bonds is 5. The van der Waals surface area contributed by atoms with Crippen molar-refractivity contribution in [3.63, 3.8) is 0 Å². The molecule has 0 unspecified atom stereocenters. The van der Waals surface area contributed by atoms with Crippen LogP contribution < -0.4 is 5.32 Å². The molecule has 5 nitrogen and oxygen atoms in total. The van der Waals surface area contributed by atoms with Gasteiger partial charge in [-0.05, 0) is 31.2 Å². The van der Waals surface area contributed by atoms with Crippen molar-refractivity contribution in [1.82, 2.24) is 9.80 Å². The first-order chi connectivity index (χ1) is 12.0. The molecule has 2 heterocycles. The lowest BCUT2D eigenvalue weighted by Crippen LogP contribution is -2.52. The smallest absolute Gasteiger partial charge is 0.241 e. The summed E-state index contributed by atoms with van der Waals surface area (Å²) in [5.41, 5.74) is 0.544. The molecule has 1 N–H and O–H groups in total. The summed E-state index contributed by atoms with van der Waals surface area (Å²) < 4.78 is 5.39. The van der Waals surface area contributed by atoms with Gasteiger partial charge in [-0.15, -0.1) is 0 Å². The van der Waals surface area contributed by atoms with Gasteiger partial charge in [0.1, 0.15) is 5.76 Å². The van der Waals surface area contributed by atoms with Crippen LogP contribution >= 0.6 is 23.2 Å². The van der Waals surface area contributed by atoms with E-state index in [1.54, 1.807) is 24.5 Å². The van der Waals surface area contributed by atoms with Crippen molar-refractivity contribution in [2.45, 2.75) is 19.5 Å². The van der Waals surface area contributed by atoms with Crippen molar-refractivity contribution in [2.24, 2.45) is 0 Å². The highest BCUT2D eigenvalue weighted by atomic mass is 35.5. The van der Waals surface area contributed by atoms with Crippen molar-refractivity contribution < 1.29 is 9.21 Å². The summed E-state index contributed by atoms with van der Waals surface area (Å²) in [5, 5.41) is 3.67. The predicted octanol–water partition coefficient (Wildman–Crippen LogP) is 3.73. The minimum Gasteiger partial charge on any atom is -0.468 e. The SMILES string of the molecule is C[C@@H](C(=O)Nc1cccc(Cl)c1Cl)N1CCN(Cc2ccco2)CC1. The van der Waals surface area contributed by atoms with Crippen molar-refractivity contribution in [2.75, 3.05) is 31.5 Å². The third-order valence-corrected chi connectivity index (χ3v) is 5.32. The number of nitrogens with one attached hydrogen (secondary N) is 1. The van der Waals surface area contributed by atoms with E-state index in [4.69, 9.17) is 27.6 Å². The van der Waals surface area contributed by atoms with Crippen molar-refractivity contribution in [3.8, 4) is 0 Å². The van der Waals surface area contributed by atoms with Crippen molar-refractivity contribution in [1.29, 1.82) is 0 Å². The van der Waals surface area contributed by atoms with E-state index in [9.17, 15) is 4.79 Å². The van der Waals surface area contributed by atoms with E-state index in [1.165, 1.54) is 0 Å². The zero-order chi connectivity index (χ0) is 17.8. The molecule has 1 aliphatic rings. The van der Waals surface area contributed by atoms with E-state index in [0.717, 1.165) is 38.5 Å². The van der Waals surface area contributed by atoms with Crippen LogP contribution in [0.5, 0.6) is 0 Å². The first-order valence-electron chi connectivity index (χ1n) is 8.28. The molecule has 0 radical (unpaired) electrons. The normalized spacial score (nSPS) is 17.4. The standard InChI is InChI=1S/C18H21Cl2N3O2/c1-13(18(24)21-16-6-2-5-15(19)17(16)20)23-9-7-22(8-10-23)12-14-4-3-11-25-14/h2-6,11,13H,7-10,12H2,1H3,(H,21,24)/t13-/m0/s1. The lowest BCUT2D eigenvalue weighted by Gasteiger charge is -2.37. The Kier molecular flexibility index (Phi) is 6.02. The average Bonchev–Trinajstić information content (AvgIpc) is 3.12. The molecule has 1 saturated heterocycles. The van der Waals surface area contributed by atoms with Crippen LogP contribution in [0.4, 0.5) is 5.69 Å². The van der Waals surface area contributed by atoms with Crippen LogP contribution in [0, 0.1) is 0 Å². The maximum Gasteiger partial charge on any atom is 0.241 e. The van der Waals surface area contributed by atoms with E-state index >= 15 is 0 Å². The molecule has 0 saturated carbocycles. The number of carbonyl (C=O) groups is 1. The number of carbonyl (C=O) groups excluding carboxylic acids is 1. The quantitative estimate of drug-likeness (QED) is 0.856. The summed E-state index contributed by atoms with van der Waals surface area (Å²) >= 11 is 12.1. The molecule has 25 heavy (non-hydrogen) atoms. The van der Waals surface area contributed by atoms with Crippen molar-refractivity contribution in [3.05, 3.63) is 52.4 Å². The minimum atomic E-state index is -0.235. The fourth-order valence-electron chi connectivity index (χ4n) is 2.94. The topological polar surface area (TPSA) is 48.7 Å². The van der Waals surface area contributed by atoms with Crippen LogP contribution in [-0.2, 0) is 11.3 Å². The third kappa shape index (κ3) is 4.55. The van der Waals surface area contributed by atoms with Crippen LogP contribution in [0.1, 0.15) is 12.7 Å².